The van der Waals surface area contributed by atoms with Gasteiger partial charge in [0.2, 0.25) is 0 Å². The fraction of sp³-hybridized carbons (Fsp3) is 0.867. The molecule has 12 fully saturated rings. The van der Waals surface area contributed by atoms with Crippen LogP contribution in [0, 0.1) is 43.4 Å². The smallest absolute Gasteiger partial charge is 0.184 e. The summed E-state index contributed by atoms with van der Waals surface area (Å²) in [7, 11) is 0. The van der Waals surface area contributed by atoms with Gasteiger partial charge in [0.05, 0.1) is 115 Å². The number of hydrogen-bond donors (Lipinski definition) is 0. The minimum atomic E-state index is -0.133. The second-order valence-electron chi connectivity index (χ2n) is 29.8. The van der Waals surface area contributed by atoms with Crippen LogP contribution in [0.4, 0.5) is 0 Å². The predicted molar refractivity (Wildman–Crippen MR) is 360 cm³/mol. The Morgan fingerprint density at radius 1 is 0.312 bits per heavy atom. The second kappa shape index (κ2) is 38.7. The predicted octanol–water partition coefficient (Wildman–Crippen LogP) is 11.7. The number of nitrogens with zero attached hydrogens (tertiary/aromatic N) is 2. The summed E-state index contributed by atoms with van der Waals surface area (Å²) in [6.45, 7) is 40.2. The zero-order valence-corrected chi connectivity index (χ0v) is 61.2. The topological polar surface area (TPSA) is 201 Å². The molecule has 14 heterocycles. The van der Waals surface area contributed by atoms with Crippen LogP contribution in [0.15, 0.2) is 24.4 Å². The highest BCUT2D eigenvalue weighted by atomic mass is 16.8. The summed E-state index contributed by atoms with van der Waals surface area (Å²) in [6, 6.07) is 6.60. The SMILES string of the molecule is CC1CC2OCC(C)OC2CO1.CC1CCC2OC(C)OCC2O1.CC1COC2OC(C)CCC2O1.CC1COC2OC(C)COC2C1.CC1COC2OC(C)OCC2C1.CC1OCC2OC(C)OCC2O1.Cc1cc2c(cn1)CC(C)CC2.Cc1ccc2c(n1)CCC(C)C2. The lowest BCUT2D eigenvalue weighted by Gasteiger charge is -2.40. The molecule has 26 unspecified atom stereocenters. The van der Waals surface area contributed by atoms with Gasteiger partial charge >= 0.3 is 0 Å². The number of ether oxygens (including phenoxy) is 19. The minimum absolute atomic E-state index is 0.00931. The summed E-state index contributed by atoms with van der Waals surface area (Å²) < 4.78 is 105. The summed E-state index contributed by atoms with van der Waals surface area (Å²) in [5.74, 6) is 3.39. The lowest BCUT2D eigenvalue weighted by atomic mass is 9.86. The van der Waals surface area contributed by atoms with Crippen molar-refractivity contribution < 1.29 is 90.0 Å². The first-order chi connectivity index (χ1) is 46.0. The van der Waals surface area contributed by atoms with Crippen LogP contribution < -0.4 is 0 Å². The van der Waals surface area contributed by atoms with E-state index < -0.39 is 0 Å². The highest BCUT2D eigenvalue weighted by Gasteiger charge is 2.41. The molecule has 16 rings (SSSR count). The maximum absolute atomic E-state index is 5.69. The summed E-state index contributed by atoms with van der Waals surface area (Å²) in [4.78, 5) is 8.88. The largest absolute Gasteiger partial charge is 0.376 e. The van der Waals surface area contributed by atoms with Crippen molar-refractivity contribution in [2.24, 2.45) is 29.6 Å². The van der Waals surface area contributed by atoms with Crippen molar-refractivity contribution in [2.45, 2.75) is 324 Å². The molecule has 26 atom stereocenters. The first kappa shape index (κ1) is 77.7. The molecule has 12 aliphatic heterocycles. The van der Waals surface area contributed by atoms with Crippen LogP contribution in [0.2, 0.25) is 0 Å². The highest BCUT2D eigenvalue weighted by molar-refractivity contribution is 5.29. The third-order valence-corrected chi connectivity index (χ3v) is 19.8. The Morgan fingerprint density at radius 3 is 1.50 bits per heavy atom. The van der Waals surface area contributed by atoms with Crippen molar-refractivity contribution in [3.05, 3.63) is 58.2 Å². The zero-order valence-electron chi connectivity index (χ0n) is 61.2. The number of fused-ring (bicyclic) bond motifs is 8. The molecule has 0 saturated carbocycles. The summed E-state index contributed by atoms with van der Waals surface area (Å²) in [6.07, 6.45) is 19.5. The van der Waals surface area contributed by atoms with Gasteiger partial charge in [0.25, 0.3) is 0 Å². The average molecular weight is 1360 g/mol. The van der Waals surface area contributed by atoms with Gasteiger partial charge in [0.1, 0.15) is 36.6 Å². The van der Waals surface area contributed by atoms with Crippen LogP contribution in [0.25, 0.3) is 0 Å². The van der Waals surface area contributed by atoms with Gasteiger partial charge in [-0.2, -0.15) is 0 Å². The van der Waals surface area contributed by atoms with Gasteiger partial charge in [-0.05, 0) is 213 Å². The first-order valence-electron chi connectivity index (χ1n) is 37.0. The summed E-state index contributed by atoms with van der Waals surface area (Å²) >= 11 is 0. The maximum atomic E-state index is 5.69. The molecule has 12 saturated heterocycles. The van der Waals surface area contributed by atoms with Gasteiger partial charge in [-0.25, -0.2) is 0 Å². The molecule has 0 radical (unpaired) electrons. The molecule has 0 N–H and O–H groups in total. The Morgan fingerprint density at radius 2 is 0.802 bits per heavy atom. The molecule has 96 heavy (non-hydrogen) atoms. The van der Waals surface area contributed by atoms with E-state index in [0.29, 0.717) is 75.7 Å². The van der Waals surface area contributed by atoms with Crippen molar-refractivity contribution in [1.82, 2.24) is 9.97 Å². The molecule has 21 nitrogen and oxygen atoms in total. The fourth-order valence-corrected chi connectivity index (χ4v) is 14.4. The maximum Gasteiger partial charge on any atom is 0.184 e. The van der Waals surface area contributed by atoms with Crippen molar-refractivity contribution in [3.63, 3.8) is 0 Å². The monoisotopic (exact) mass is 1360 g/mol. The highest BCUT2D eigenvalue weighted by Crippen LogP contribution is 2.33. The number of hydrogen-bond acceptors (Lipinski definition) is 21. The standard InChI is InChI=1S/2C11H15N.5C9H16O3.C8H14O4/c1-8-3-6-11-10(7-8)5-4-9(2)12-11;1-8-3-4-10-6-9(2)12-7-11(10)5-8;1-6-3-8-9(5-10-6)12-7(2)4-11-8;1-6-3-8-5-10-7(2)12-9(8)11-4-6;1-6-3-8-9(11-4-6)12-7(2)5-10-8;1-6-3-4-8-9(11-6)5-10-7(2)12-8;1-6-3-4-8-9(12-6)10-5-7(2)11-8;1-5-9-3-8-7(11-5)4-10-6(2)12-8/h4-5,8H,3,6-7H2,1-2H3;6-8H,3-5H2,1-2H3;5*6-9H,3-5H2,1-2H3;5-8H,3-4H2,1-2H3. The van der Waals surface area contributed by atoms with Gasteiger partial charge in [0, 0.05) is 35.6 Å². The number of aryl methyl sites for hydroxylation is 4. The Balaban J connectivity index is 0.000000129. The van der Waals surface area contributed by atoms with E-state index in [0.717, 1.165) is 94.6 Å². The van der Waals surface area contributed by atoms with E-state index in [1.165, 1.54) is 60.9 Å². The Labute approximate surface area is 575 Å². The van der Waals surface area contributed by atoms with E-state index >= 15 is 0 Å². The van der Waals surface area contributed by atoms with E-state index in [1.54, 1.807) is 0 Å². The van der Waals surface area contributed by atoms with E-state index in [1.807, 2.05) is 48.5 Å². The normalized spacial score (nSPS) is 41.9. The Kier molecular flexibility index (Phi) is 31.3. The molecule has 0 spiro atoms. The average Bonchev–Trinajstić information content (AvgIpc) is 1.09. The molecule has 21 heteroatoms. The molecule has 2 aliphatic carbocycles. The summed E-state index contributed by atoms with van der Waals surface area (Å²) in [5.41, 5.74) is 8.12. The lowest BCUT2D eigenvalue weighted by Crippen LogP contribution is -2.51. The molecule has 0 amide bonds. The van der Waals surface area contributed by atoms with Crippen LogP contribution in [-0.4, -0.2) is 206 Å². The quantitative estimate of drug-likeness (QED) is 0.241. The molecule has 2 aromatic rings. The molecular formula is C75H124N2O19. The van der Waals surface area contributed by atoms with Gasteiger partial charge in [-0.15, -0.1) is 0 Å². The molecule has 14 aliphatic rings. The van der Waals surface area contributed by atoms with E-state index in [4.69, 9.17) is 90.0 Å². The van der Waals surface area contributed by atoms with Crippen LogP contribution in [-0.2, 0) is 116 Å². The molecule has 2 aromatic heterocycles. The van der Waals surface area contributed by atoms with E-state index in [9.17, 15) is 0 Å². The van der Waals surface area contributed by atoms with Crippen molar-refractivity contribution in [3.8, 4) is 0 Å². The molecule has 0 aromatic carbocycles. The first-order valence-corrected chi connectivity index (χ1v) is 37.0. The lowest BCUT2D eigenvalue weighted by molar-refractivity contribution is -0.328. The second-order valence-corrected chi connectivity index (χ2v) is 29.8. The van der Waals surface area contributed by atoms with Crippen LogP contribution in [0.5, 0.6) is 0 Å². The number of rotatable bonds is 0. The van der Waals surface area contributed by atoms with Crippen LogP contribution in [0.1, 0.15) is 188 Å². The van der Waals surface area contributed by atoms with Gasteiger partial charge in [-0.3, -0.25) is 9.97 Å². The van der Waals surface area contributed by atoms with Gasteiger partial charge in [0.15, 0.2) is 44.0 Å². The molecule has 548 valence electrons. The van der Waals surface area contributed by atoms with Crippen molar-refractivity contribution in [2.75, 3.05) is 66.1 Å². The van der Waals surface area contributed by atoms with Gasteiger partial charge < -0.3 is 90.0 Å². The van der Waals surface area contributed by atoms with Crippen LogP contribution >= 0.6 is 0 Å². The van der Waals surface area contributed by atoms with Gasteiger partial charge in [-0.1, -0.05) is 33.8 Å². The zero-order chi connectivity index (χ0) is 68.4. The van der Waals surface area contributed by atoms with Crippen LogP contribution in [0.3, 0.4) is 0 Å². The fourth-order valence-electron chi connectivity index (χ4n) is 14.4. The minimum Gasteiger partial charge on any atom is -0.376 e. The Bertz CT molecular complexity index is 2110. The molecular weight excluding hydrogens is 1230 g/mol. The number of pyridine rings is 2. The summed E-state index contributed by atoms with van der Waals surface area (Å²) in [5, 5.41) is 0. The van der Waals surface area contributed by atoms with E-state index in [2.05, 4.69) is 96.7 Å². The third kappa shape index (κ3) is 24.9. The molecule has 0 bridgehead atoms. The number of aromatic nitrogens is 2. The van der Waals surface area contributed by atoms with E-state index in [-0.39, 0.29) is 111 Å². The Hall–Kier alpha value is -2.46. The van der Waals surface area contributed by atoms with Crippen molar-refractivity contribution >= 4 is 0 Å². The third-order valence-electron chi connectivity index (χ3n) is 19.8. The van der Waals surface area contributed by atoms with Crippen molar-refractivity contribution in [1.29, 1.82) is 0 Å².